The Bertz CT molecular complexity index is 1270. The molecule has 3 aromatic rings. The van der Waals surface area contributed by atoms with Crippen molar-refractivity contribution in [2.45, 2.75) is 45.7 Å². The first-order valence-corrected chi connectivity index (χ1v) is 13.2. The lowest BCUT2D eigenvalue weighted by Crippen LogP contribution is -2.52. The minimum Gasteiger partial charge on any atom is -0.497 e. The fourth-order valence-corrected chi connectivity index (χ4v) is 4.50. The number of carbonyl (C=O) groups excluding carboxylic acids is 3. The number of carbonyl (C=O) groups is 3. The summed E-state index contributed by atoms with van der Waals surface area (Å²) in [5, 5.41) is 7.57. The SMILES string of the molecule is CCC(C)(C)NC(=O)[C@H](c1cccc(OC)c1)N(C(=O)CNC(=O)c1cccs1)c1cc(C)ccc1OC. The predicted molar refractivity (Wildman–Crippen MR) is 150 cm³/mol. The van der Waals surface area contributed by atoms with Gasteiger partial charge in [0.15, 0.2) is 0 Å². The van der Waals surface area contributed by atoms with Gasteiger partial charge in [0.25, 0.3) is 5.91 Å². The van der Waals surface area contributed by atoms with E-state index in [9.17, 15) is 14.4 Å². The van der Waals surface area contributed by atoms with E-state index in [2.05, 4.69) is 10.6 Å². The average Bonchev–Trinajstić information content (AvgIpc) is 3.45. The molecule has 1 aromatic heterocycles. The van der Waals surface area contributed by atoms with E-state index >= 15 is 0 Å². The molecule has 0 aliphatic carbocycles. The standard InChI is InChI=1S/C29H35N3O5S/c1-7-29(3,4)31-28(35)26(20-10-8-11-21(17-20)36-5)32(22-16-19(2)13-14-23(22)37-6)25(33)18-30-27(34)24-12-9-15-38-24/h8-17,26H,7,18H2,1-6H3,(H,30,34)(H,31,35)/t26-/m0/s1. The van der Waals surface area contributed by atoms with Gasteiger partial charge in [0.2, 0.25) is 11.8 Å². The van der Waals surface area contributed by atoms with Crippen LogP contribution < -0.4 is 25.0 Å². The smallest absolute Gasteiger partial charge is 0.261 e. The van der Waals surface area contributed by atoms with Gasteiger partial charge in [0, 0.05) is 5.54 Å². The molecule has 9 heteroatoms. The van der Waals surface area contributed by atoms with Crippen LogP contribution in [0.25, 0.3) is 0 Å². The second kappa shape index (κ2) is 12.6. The minimum absolute atomic E-state index is 0.321. The van der Waals surface area contributed by atoms with E-state index in [1.165, 1.54) is 23.3 Å². The third-order valence-electron chi connectivity index (χ3n) is 6.27. The number of benzene rings is 2. The fraction of sp³-hybridized carbons (Fsp3) is 0.345. The molecule has 3 rings (SSSR count). The van der Waals surface area contributed by atoms with Crippen LogP contribution in [0.5, 0.6) is 11.5 Å². The number of thiophene rings is 1. The molecule has 2 N–H and O–H groups in total. The van der Waals surface area contributed by atoms with Gasteiger partial charge in [-0.2, -0.15) is 0 Å². The van der Waals surface area contributed by atoms with E-state index in [1.54, 1.807) is 61.0 Å². The Morgan fingerprint density at radius 1 is 1.03 bits per heavy atom. The van der Waals surface area contributed by atoms with Gasteiger partial charge in [0.1, 0.15) is 17.5 Å². The Morgan fingerprint density at radius 3 is 2.42 bits per heavy atom. The highest BCUT2D eigenvalue weighted by Gasteiger charge is 2.36. The number of hydrogen-bond donors (Lipinski definition) is 2. The molecular weight excluding hydrogens is 502 g/mol. The Balaban J connectivity index is 2.14. The van der Waals surface area contributed by atoms with Crippen molar-refractivity contribution in [3.8, 4) is 11.5 Å². The predicted octanol–water partition coefficient (Wildman–Crippen LogP) is 4.88. The van der Waals surface area contributed by atoms with E-state index < -0.39 is 17.5 Å². The highest BCUT2D eigenvalue weighted by atomic mass is 32.1. The minimum atomic E-state index is -1.07. The molecule has 202 valence electrons. The normalized spacial score (nSPS) is 11.8. The van der Waals surface area contributed by atoms with Crippen molar-refractivity contribution in [3.05, 3.63) is 76.0 Å². The van der Waals surface area contributed by atoms with Crippen molar-refractivity contribution in [1.29, 1.82) is 0 Å². The lowest BCUT2D eigenvalue weighted by Gasteiger charge is -2.35. The molecule has 0 radical (unpaired) electrons. The molecule has 0 bridgehead atoms. The fourth-order valence-electron chi connectivity index (χ4n) is 3.86. The Labute approximate surface area is 228 Å². The number of aryl methyl sites for hydroxylation is 1. The van der Waals surface area contributed by atoms with Crippen LogP contribution in [0.15, 0.2) is 60.0 Å². The zero-order chi connectivity index (χ0) is 27.9. The van der Waals surface area contributed by atoms with Gasteiger partial charge in [-0.15, -0.1) is 11.3 Å². The molecule has 0 aliphatic rings. The van der Waals surface area contributed by atoms with Crippen molar-refractivity contribution in [1.82, 2.24) is 10.6 Å². The van der Waals surface area contributed by atoms with E-state index in [0.29, 0.717) is 34.0 Å². The summed E-state index contributed by atoms with van der Waals surface area (Å²) in [5.74, 6) is -0.240. The maximum Gasteiger partial charge on any atom is 0.261 e. The van der Waals surface area contributed by atoms with Crippen LogP contribution in [0.3, 0.4) is 0 Å². The number of amides is 3. The van der Waals surface area contributed by atoms with Crippen molar-refractivity contribution in [2.24, 2.45) is 0 Å². The molecule has 1 heterocycles. The maximum atomic E-state index is 14.0. The van der Waals surface area contributed by atoms with E-state index in [0.717, 1.165) is 5.56 Å². The molecule has 0 fully saturated rings. The average molecular weight is 538 g/mol. The third-order valence-corrected chi connectivity index (χ3v) is 7.14. The summed E-state index contributed by atoms with van der Waals surface area (Å²) in [4.78, 5) is 42.5. The lowest BCUT2D eigenvalue weighted by molar-refractivity contribution is -0.127. The van der Waals surface area contributed by atoms with Gasteiger partial charge in [-0.1, -0.05) is 31.2 Å². The molecule has 0 aliphatic heterocycles. The molecule has 2 aromatic carbocycles. The van der Waals surface area contributed by atoms with Gasteiger partial charge in [0.05, 0.1) is 31.3 Å². The number of ether oxygens (including phenoxy) is 2. The number of anilines is 1. The first kappa shape index (κ1) is 28.7. The zero-order valence-electron chi connectivity index (χ0n) is 22.7. The maximum absolute atomic E-state index is 14.0. The van der Waals surface area contributed by atoms with Gasteiger partial charge < -0.3 is 20.1 Å². The zero-order valence-corrected chi connectivity index (χ0v) is 23.5. The molecule has 0 saturated heterocycles. The van der Waals surface area contributed by atoms with Crippen LogP contribution in [0.4, 0.5) is 5.69 Å². The number of methoxy groups -OCH3 is 2. The van der Waals surface area contributed by atoms with Crippen LogP contribution in [0.2, 0.25) is 0 Å². The summed E-state index contributed by atoms with van der Waals surface area (Å²) in [6.45, 7) is 7.40. The van der Waals surface area contributed by atoms with Gasteiger partial charge in [-0.05, 0) is 74.0 Å². The summed E-state index contributed by atoms with van der Waals surface area (Å²) < 4.78 is 11.0. The summed E-state index contributed by atoms with van der Waals surface area (Å²) >= 11 is 1.28. The topological polar surface area (TPSA) is 97.0 Å². The molecule has 8 nitrogen and oxygen atoms in total. The first-order valence-electron chi connectivity index (χ1n) is 12.3. The monoisotopic (exact) mass is 537 g/mol. The van der Waals surface area contributed by atoms with Crippen molar-refractivity contribution in [3.63, 3.8) is 0 Å². The van der Waals surface area contributed by atoms with Crippen LogP contribution in [0.1, 0.15) is 54.0 Å². The second-order valence-corrected chi connectivity index (χ2v) is 10.5. The summed E-state index contributed by atoms with van der Waals surface area (Å²) in [6.07, 6.45) is 0.683. The van der Waals surface area contributed by atoms with Crippen LogP contribution in [0, 0.1) is 6.92 Å². The summed E-state index contributed by atoms with van der Waals surface area (Å²) in [7, 11) is 3.05. The first-order chi connectivity index (χ1) is 18.1. The molecule has 3 amide bonds. The van der Waals surface area contributed by atoms with E-state index in [4.69, 9.17) is 9.47 Å². The van der Waals surface area contributed by atoms with Crippen molar-refractivity contribution < 1.29 is 23.9 Å². The van der Waals surface area contributed by atoms with Gasteiger partial charge in [-0.3, -0.25) is 19.3 Å². The van der Waals surface area contributed by atoms with Gasteiger partial charge in [-0.25, -0.2) is 0 Å². The molecule has 1 atom stereocenters. The number of nitrogens with one attached hydrogen (secondary N) is 2. The Kier molecular flexibility index (Phi) is 9.52. The molecule has 0 saturated carbocycles. The number of rotatable bonds is 11. The number of nitrogens with zero attached hydrogens (tertiary/aromatic N) is 1. The summed E-state index contributed by atoms with van der Waals surface area (Å²) in [6, 6.07) is 14.9. The van der Waals surface area contributed by atoms with Gasteiger partial charge >= 0.3 is 0 Å². The lowest BCUT2D eigenvalue weighted by atomic mass is 9.97. The Morgan fingerprint density at radius 2 is 1.79 bits per heavy atom. The quantitative estimate of drug-likeness (QED) is 0.363. The largest absolute Gasteiger partial charge is 0.497 e. The highest BCUT2D eigenvalue weighted by molar-refractivity contribution is 7.12. The second-order valence-electron chi connectivity index (χ2n) is 9.50. The number of hydrogen-bond acceptors (Lipinski definition) is 6. The highest BCUT2D eigenvalue weighted by Crippen LogP contribution is 2.37. The van der Waals surface area contributed by atoms with Crippen molar-refractivity contribution >= 4 is 34.7 Å². The third kappa shape index (κ3) is 6.92. The van der Waals surface area contributed by atoms with Crippen molar-refractivity contribution in [2.75, 3.05) is 25.7 Å². The van der Waals surface area contributed by atoms with Crippen LogP contribution >= 0.6 is 11.3 Å². The molecule has 38 heavy (non-hydrogen) atoms. The molecule has 0 unspecified atom stereocenters. The molecule has 0 spiro atoms. The summed E-state index contributed by atoms with van der Waals surface area (Å²) in [5.41, 5.74) is 1.32. The molecular formula is C29H35N3O5S. The van der Waals surface area contributed by atoms with Crippen LogP contribution in [-0.2, 0) is 9.59 Å². The van der Waals surface area contributed by atoms with E-state index in [1.807, 2.05) is 33.8 Å². The van der Waals surface area contributed by atoms with E-state index in [-0.39, 0.29) is 18.4 Å². The Hall–Kier alpha value is -3.85. The van der Waals surface area contributed by atoms with Crippen LogP contribution in [-0.4, -0.2) is 44.0 Å².